The van der Waals surface area contributed by atoms with Gasteiger partial charge in [-0.25, -0.2) is 0 Å². The molecule has 0 saturated heterocycles. The van der Waals surface area contributed by atoms with Gasteiger partial charge in [0.25, 0.3) is 0 Å². The summed E-state index contributed by atoms with van der Waals surface area (Å²) in [5, 5.41) is 0. The number of nitrogens with zero attached hydrogens (tertiary/aromatic N) is 2. The highest BCUT2D eigenvalue weighted by atomic mass is 16.2. The summed E-state index contributed by atoms with van der Waals surface area (Å²) in [6.45, 7) is 0.541. The van der Waals surface area contributed by atoms with E-state index in [9.17, 15) is 9.59 Å². The summed E-state index contributed by atoms with van der Waals surface area (Å²) in [7, 11) is 1.57. The monoisotopic (exact) mass is 259 g/mol. The maximum absolute atomic E-state index is 11.7. The summed E-state index contributed by atoms with van der Waals surface area (Å²) >= 11 is 0. The van der Waals surface area contributed by atoms with Gasteiger partial charge in [-0.15, -0.1) is 0 Å². The number of anilines is 1. The first kappa shape index (κ1) is 13.1. The van der Waals surface area contributed by atoms with Crippen molar-refractivity contribution in [3.05, 3.63) is 62.9 Å². The summed E-state index contributed by atoms with van der Waals surface area (Å²) in [6, 6.07) is 7.67. The van der Waals surface area contributed by atoms with Crippen LogP contribution in [0.25, 0.3) is 0 Å². The van der Waals surface area contributed by atoms with E-state index < -0.39 is 11.1 Å². The second-order valence-electron chi connectivity index (χ2n) is 4.56. The van der Waals surface area contributed by atoms with Crippen LogP contribution in [0.4, 0.5) is 5.69 Å². The molecule has 0 aliphatic carbocycles. The normalized spacial score (nSPS) is 10.6. The van der Waals surface area contributed by atoms with Crippen LogP contribution in [0.1, 0.15) is 12.0 Å². The van der Waals surface area contributed by atoms with Gasteiger partial charge >= 0.3 is 11.1 Å². The molecule has 5 heteroatoms. The fourth-order valence-corrected chi connectivity index (χ4v) is 1.90. The molecule has 2 aromatic rings. The first-order valence-electron chi connectivity index (χ1n) is 6.18. The Kier molecular flexibility index (Phi) is 3.85. The molecule has 0 atom stereocenters. The van der Waals surface area contributed by atoms with E-state index in [4.69, 9.17) is 5.73 Å². The quantitative estimate of drug-likeness (QED) is 0.651. The van der Waals surface area contributed by atoms with Gasteiger partial charge in [0, 0.05) is 31.7 Å². The van der Waals surface area contributed by atoms with Crippen LogP contribution in [0, 0.1) is 0 Å². The van der Waals surface area contributed by atoms with Crippen LogP contribution in [0.5, 0.6) is 0 Å². The third-order valence-corrected chi connectivity index (χ3v) is 3.08. The number of nitrogen functional groups attached to an aromatic ring is 1. The summed E-state index contributed by atoms with van der Waals surface area (Å²) in [4.78, 5) is 23.2. The molecular weight excluding hydrogens is 242 g/mol. The molecule has 1 heterocycles. The van der Waals surface area contributed by atoms with Crippen LogP contribution in [0.2, 0.25) is 0 Å². The molecule has 5 nitrogen and oxygen atoms in total. The van der Waals surface area contributed by atoms with Crippen LogP contribution in [0.3, 0.4) is 0 Å². The molecule has 0 radical (unpaired) electrons. The van der Waals surface area contributed by atoms with Crippen molar-refractivity contribution in [3.8, 4) is 0 Å². The lowest BCUT2D eigenvalue weighted by Crippen LogP contribution is -2.39. The zero-order valence-electron chi connectivity index (χ0n) is 10.9. The van der Waals surface area contributed by atoms with Crippen LogP contribution in [-0.4, -0.2) is 9.13 Å². The molecule has 0 fully saturated rings. The van der Waals surface area contributed by atoms with Gasteiger partial charge in [0.05, 0.1) is 0 Å². The van der Waals surface area contributed by atoms with E-state index in [-0.39, 0.29) is 0 Å². The van der Waals surface area contributed by atoms with Gasteiger partial charge in [-0.1, -0.05) is 12.1 Å². The van der Waals surface area contributed by atoms with Crippen molar-refractivity contribution in [2.45, 2.75) is 19.4 Å². The lowest BCUT2D eigenvalue weighted by Gasteiger charge is -2.06. The van der Waals surface area contributed by atoms with Crippen molar-refractivity contribution in [1.29, 1.82) is 0 Å². The van der Waals surface area contributed by atoms with Crippen molar-refractivity contribution in [2.24, 2.45) is 7.05 Å². The zero-order chi connectivity index (χ0) is 13.8. The molecule has 0 unspecified atom stereocenters. The summed E-state index contributed by atoms with van der Waals surface area (Å²) in [6.07, 6.45) is 4.90. The Hall–Kier alpha value is -2.30. The average Bonchev–Trinajstić information content (AvgIpc) is 2.41. The van der Waals surface area contributed by atoms with Crippen LogP contribution in [-0.2, 0) is 20.0 Å². The minimum atomic E-state index is -0.491. The van der Waals surface area contributed by atoms with E-state index in [1.54, 1.807) is 19.4 Å². The minimum Gasteiger partial charge on any atom is -0.399 e. The maximum atomic E-state index is 11.7. The molecule has 19 heavy (non-hydrogen) atoms. The van der Waals surface area contributed by atoms with E-state index in [0.717, 1.165) is 18.5 Å². The Morgan fingerprint density at radius 2 is 1.74 bits per heavy atom. The Labute approximate surface area is 110 Å². The van der Waals surface area contributed by atoms with E-state index >= 15 is 0 Å². The van der Waals surface area contributed by atoms with Crippen LogP contribution < -0.4 is 16.9 Å². The van der Waals surface area contributed by atoms with Crippen LogP contribution >= 0.6 is 0 Å². The standard InChI is InChI=1S/C14H17N3O2/c1-16-9-10-17(14(19)13(16)18)8-2-3-11-4-6-12(15)7-5-11/h4-7,9-10H,2-3,8,15H2,1H3. The van der Waals surface area contributed by atoms with Gasteiger partial charge < -0.3 is 14.9 Å². The number of benzene rings is 1. The highest BCUT2D eigenvalue weighted by Crippen LogP contribution is 2.07. The highest BCUT2D eigenvalue weighted by molar-refractivity contribution is 5.39. The Morgan fingerprint density at radius 3 is 2.42 bits per heavy atom. The van der Waals surface area contributed by atoms with Gasteiger partial charge in [-0.05, 0) is 30.5 Å². The Morgan fingerprint density at radius 1 is 1.05 bits per heavy atom. The third-order valence-electron chi connectivity index (χ3n) is 3.08. The summed E-state index contributed by atoms with van der Waals surface area (Å²) in [5.41, 5.74) is 6.57. The van der Waals surface area contributed by atoms with Gasteiger partial charge in [0.15, 0.2) is 0 Å². The number of nitrogens with two attached hydrogens (primary N) is 1. The minimum absolute atomic E-state index is 0.470. The third kappa shape index (κ3) is 3.13. The largest absolute Gasteiger partial charge is 0.399 e. The Bertz CT molecular complexity index is 668. The number of rotatable bonds is 4. The van der Waals surface area contributed by atoms with Crippen molar-refractivity contribution < 1.29 is 0 Å². The first-order valence-corrected chi connectivity index (χ1v) is 6.18. The van der Waals surface area contributed by atoms with E-state index in [1.165, 1.54) is 14.7 Å². The first-order chi connectivity index (χ1) is 9.08. The van der Waals surface area contributed by atoms with E-state index in [1.807, 2.05) is 24.3 Å². The second-order valence-corrected chi connectivity index (χ2v) is 4.56. The topological polar surface area (TPSA) is 70.0 Å². The lowest BCUT2D eigenvalue weighted by atomic mass is 10.1. The molecule has 0 amide bonds. The van der Waals surface area contributed by atoms with Crippen molar-refractivity contribution >= 4 is 5.69 Å². The van der Waals surface area contributed by atoms with Gasteiger partial charge in [0.1, 0.15) is 0 Å². The maximum Gasteiger partial charge on any atom is 0.316 e. The molecule has 2 rings (SSSR count). The number of aryl methyl sites for hydroxylation is 3. The number of hydrogen-bond donors (Lipinski definition) is 1. The van der Waals surface area contributed by atoms with Gasteiger partial charge in [0.2, 0.25) is 0 Å². The molecule has 0 bridgehead atoms. The fraction of sp³-hybridized carbons (Fsp3) is 0.286. The second kappa shape index (κ2) is 5.56. The molecule has 0 spiro atoms. The van der Waals surface area contributed by atoms with E-state index in [0.29, 0.717) is 6.54 Å². The number of hydrogen-bond acceptors (Lipinski definition) is 3. The van der Waals surface area contributed by atoms with Gasteiger partial charge in [-0.2, -0.15) is 0 Å². The van der Waals surface area contributed by atoms with Crippen molar-refractivity contribution in [2.75, 3.05) is 5.73 Å². The summed E-state index contributed by atoms with van der Waals surface area (Å²) in [5.74, 6) is 0. The summed E-state index contributed by atoms with van der Waals surface area (Å²) < 4.78 is 2.75. The molecule has 2 N–H and O–H groups in total. The molecule has 0 aliphatic heterocycles. The fourth-order valence-electron chi connectivity index (χ4n) is 1.90. The zero-order valence-corrected chi connectivity index (χ0v) is 10.9. The predicted octanol–water partition coefficient (Wildman–Crippen LogP) is 0.762. The molecule has 1 aromatic heterocycles. The molecule has 1 aromatic carbocycles. The lowest BCUT2D eigenvalue weighted by molar-refractivity contribution is 0.600. The van der Waals surface area contributed by atoms with Crippen molar-refractivity contribution in [3.63, 3.8) is 0 Å². The average molecular weight is 259 g/mol. The molecular formula is C14H17N3O2. The van der Waals surface area contributed by atoms with Crippen LogP contribution in [0.15, 0.2) is 46.2 Å². The predicted molar refractivity (Wildman–Crippen MR) is 75.1 cm³/mol. The van der Waals surface area contributed by atoms with Crippen molar-refractivity contribution in [1.82, 2.24) is 9.13 Å². The smallest absolute Gasteiger partial charge is 0.316 e. The molecule has 0 saturated carbocycles. The van der Waals surface area contributed by atoms with E-state index in [2.05, 4.69) is 0 Å². The van der Waals surface area contributed by atoms with Gasteiger partial charge in [-0.3, -0.25) is 9.59 Å². The Balaban J connectivity index is 2.00. The highest BCUT2D eigenvalue weighted by Gasteiger charge is 2.02. The molecule has 100 valence electrons. The molecule has 0 aliphatic rings. The SMILES string of the molecule is Cn1ccn(CCCc2ccc(N)cc2)c(=O)c1=O. The number of aromatic nitrogens is 2.